The van der Waals surface area contributed by atoms with Crippen LogP contribution in [0.3, 0.4) is 0 Å². The van der Waals surface area contributed by atoms with E-state index in [0.717, 1.165) is 10.8 Å². The summed E-state index contributed by atoms with van der Waals surface area (Å²) >= 11 is 5.88. The van der Waals surface area contributed by atoms with E-state index in [1.165, 1.54) is 5.56 Å². The highest BCUT2D eigenvalue weighted by Gasteiger charge is 2.13. The minimum absolute atomic E-state index is 0.181. The molecule has 1 unspecified atom stereocenters. The normalized spacial score (nSPS) is 12.2. The third kappa shape index (κ3) is 2.71. The van der Waals surface area contributed by atoms with Gasteiger partial charge in [0.05, 0.1) is 18.4 Å². The zero-order valence-corrected chi connectivity index (χ0v) is 11.1. The second-order valence-electron chi connectivity index (χ2n) is 4.14. The monoisotopic (exact) mass is 262 g/mol. The van der Waals surface area contributed by atoms with Crippen LogP contribution in [0.25, 0.3) is 0 Å². The fraction of sp³-hybridized carbons (Fsp3) is 0.231. The summed E-state index contributed by atoms with van der Waals surface area (Å²) < 4.78 is 0. The molecule has 2 N–H and O–H groups in total. The zero-order chi connectivity index (χ0) is 13.1. The maximum Gasteiger partial charge on any atom is 0.147 e. The molecule has 4 nitrogen and oxygen atoms in total. The van der Waals surface area contributed by atoms with Crippen molar-refractivity contribution >= 4 is 23.2 Å². The van der Waals surface area contributed by atoms with Gasteiger partial charge in [-0.2, -0.15) is 0 Å². The summed E-state index contributed by atoms with van der Waals surface area (Å²) in [6, 6.07) is 7.97. The fourth-order valence-electron chi connectivity index (χ4n) is 1.68. The molecular formula is C13H15ClN4. The summed E-state index contributed by atoms with van der Waals surface area (Å²) in [5.41, 5.74) is 6.69. The minimum atomic E-state index is 0.181. The lowest BCUT2D eigenvalue weighted by Gasteiger charge is -2.26. The number of halogens is 1. The van der Waals surface area contributed by atoms with E-state index in [1.807, 2.05) is 36.2 Å². The molecule has 1 atom stereocenters. The molecule has 0 saturated heterocycles. The van der Waals surface area contributed by atoms with Gasteiger partial charge in [0.25, 0.3) is 0 Å². The summed E-state index contributed by atoms with van der Waals surface area (Å²) in [4.78, 5) is 10.3. The molecule has 0 aliphatic carbocycles. The molecule has 94 valence electrons. The SMILES string of the molecule is CC(c1ccc(Cl)cc1)N(C)c1cnc(N)cn1. The smallest absolute Gasteiger partial charge is 0.147 e. The van der Waals surface area contributed by atoms with Gasteiger partial charge in [0, 0.05) is 12.1 Å². The van der Waals surface area contributed by atoms with Gasteiger partial charge < -0.3 is 10.6 Å². The van der Waals surface area contributed by atoms with Crippen molar-refractivity contribution in [3.8, 4) is 0 Å². The minimum Gasteiger partial charge on any atom is -0.382 e. The van der Waals surface area contributed by atoms with Crippen molar-refractivity contribution in [1.82, 2.24) is 9.97 Å². The molecule has 0 aliphatic heterocycles. The Morgan fingerprint density at radius 1 is 1.17 bits per heavy atom. The Balaban J connectivity index is 2.20. The van der Waals surface area contributed by atoms with Gasteiger partial charge in [0.15, 0.2) is 0 Å². The van der Waals surface area contributed by atoms with Crippen molar-refractivity contribution in [2.45, 2.75) is 13.0 Å². The number of anilines is 2. The van der Waals surface area contributed by atoms with Gasteiger partial charge in [-0.1, -0.05) is 23.7 Å². The summed E-state index contributed by atoms with van der Waals surface area (Å²) in [5.74, 6) is 1.21. The number of aromatic nitrogens is 2. The van der Waals surface area contributed by atoms with Crippen LogP contribution in [0.5, 0.6) is 0 Å². The van der Waals surface area contributed by atoms with Crippen molar-refractivity contribution in [2.24, 2.45) is 0 Å². The first kappa shape index (κ1) is 12.6. The van der Waals surface area contributed by atoms with Gasteiger partial charge in [-0.05, 0) is 24.6 Å². The van der Waals surface area contributed by atoms with Gasteiger partial charge in [-0.3, -0.25) is 0 Å². The van der Waals surface area contributed by atoms with Gasteiger partial charge in [0.1, 0.15) is 11.6 Å². The second-order valence-corrected chi connectivity index (χ2v) is 4.57. The Morgan fingerprint density at radius 3 is 2.39 bits per heavy atom. The topological polar surface area (TPSA) is 55.0 Å². The molecule has 0 bridgehead atoms. The van der Waals surface area contributed by atoms with Crippen LogP contribution in [0.4, 0.5) is 11.6 Å². The van der Waals surface area contributed by atoms with Crippen LogP contribution in [-0.2, 0) is 0 Å². The molecule has 5 heteroatoms. The van der Waals surface area contributed by atoms with Crippen molar-refractivity contribution in [1.29, 1.82) is 0 Å². The summed E-state index contributed by atoms with van der Waals surface area (Å²) in [6.07, 6.45) is 3.22. The standard InChI is InChI=1S/C13H15ClN4/c1-9(10-3-5-11(14)6-4-10)18(2)13-8-16-12(15)7-17-13/h3-9H,1-2H3,(H2,15,16). The molecule has 0 amide bonds. The van der Waals surface area contributed by atoms with Crippen LogP contribution < -0.4 is 10.6 Å². The van der Waals surface area contributed by atoms with Crippen LogP contribution in [0.15, 0.2) is 36.7 Å². The predicted molar refractivity (Wildman–Crippen MR) is 74.7 cm³/mol. The number of benzene rings is 1. The summed E-state index contributed by atoms with van der Waals surface area (Å²) in [6.45, 7) is 2.10. The molecule has 2 rings (SSSR count). The van der Waals surface area contributed by atoms with Crippen LogP contribution in [0, 0.1) is 0 Å². The Hall–Kier alpha value is -1.81. The second kappa shape index (κ2) is 5.23. The number of rotatable bonds is 3. The summed E-state index contributed by atoms with van der Waals surface area (Å²) in [7, 11) is 1.97. The number of nitrogen functional groups attached to an aromatic ring is 1. The lowest BCUT2D eigenvalue weighted by Crippen LogP contribution is -2.22. The van der Waals surface area contributed by atoms with Crippen LogP contribution in [0.1, 0.15) is 18.5 Å². The summed E-state index contributed by atoms with van der Waals surface area (Å²) in [5, 5.41) is 0.737. The quantitative estimate of drug-likeness (QED) is 0.924. The van der Waals surface area contributed by atoms with E-state index in [0.29, 0.717) is 5.82 Å². The number of hydrogen-bond donors (Lipinski definition) is 1. The first-order valence-electron chi connectivity index (χ1n) is 5.64. The molecular weight excluding hydrogens is 248 g/mol. The van der Waals surface area contributed by atoms with Gasteiger partial charge in [-0.25, -0.2) is 9.97 Å². The van der Waals surface area contributed by atoms with Gasteiger partial charge in [-0.15, -0.1) is 0 Å². The highest BCUT2D eigenvalue weighted by Crippen LogP contribution is 2.24. The Labute approximate surface area is 111 Å². The highest BCUT2D eigenvalue weighted by atomic mass is 35.5. The number of nitrogens with zero attached hydrogens (tertiary/aromatic N) is 3. The van der Waals surface area contributed by atoms with Gasteiger partial charge in [0.2, 0.25) is 0 Å². The van der Waals surface area contributed by atoms with Gasteiger partial charge >= 0.3 is 0 Å². The van der Waals surface area contributed by atoms with Crippen molar-refractivity contribution in [2.75, 3.05) is 17.7 Å². The molecule has 1 aromatic heterocycles. The first-order chi connectivity index (χ1) is 8.58. The third-order valence-electron chi connectivity index (χ3n) is 2.95. The van der Waals surface area contributed by atoms with Crippen LogP contribution >= 0.6 is 11.6 Å². The van der Waals surface area contributed by atoms with E-state index in [2.05, 4.69) is 16.9 Å². The van der Waals surface area contributed by atoms with Crippen molar-refractivity contribution in [3.05, 3.63) is 47.2 Å². The molecule has 1 aromatic carbocycles. The Morgan fingerprint density at radius 2 is 1.83 bits per heavy atom. The molecule has 1 heterocycles. The maximum absolute atomic E-state index is 5.88. The molecule has 2 aromatic rings. The van der Waals surface area contributed by atoms with E-state index in [1.54, 1.807) is 12.4 Å². The van der Waals surface area contributed by atoms with E-state index >= 15 is 0 Å². The molecule has 0 saturated carbocycles. The molecule has 0 radical (unpaired) electrons. The Kier molecular flexibility index (Phi) is 3.67. The fourth-order valence-corrected chi connectivity index (χ4v) is 1.80. The molecule has 0 aliphatic rings. The lowest BCUT2D eigenvalue weighted by molar-refractivity contribution is 0.727. The first-order valence-corrected chi connectivity index (χ1v) is 6.01. The highest BCUT2D eigenvalue weighted by molar-refractivity contribution is 6.30. The number of nitrogens with two attached hydrogens (primary N) is 1. The Bertz CT molecular complexity index is 460. The van der Waals surface area contributed by atoms with E-state index in [9.17, 15) is 0 Å². The van der Waals surface area contributed by atoms with Crippen molar-refractivity contribution in [3.63, 3.8) is 0 Å². The predicted octanol–water partition coefficient (Wildman–Crippen LogP) is 2.91. The maximum atomic E-state index is 5.88. The van der Waals surface area contributed by atoms with Crippen molar-refractivity contribution < 1.29 is 0 Å². The third-order valence-corrected chi connectivity index (χ3v) is 3.20. The molecule has 0 spiro atoms. The zero-order valence-electron chi connectivity index (χ0n) is 10.3. The van der Waals surface area contributed by atoms with E-state index in [-0.39, 0.29) is 6.04 Å². The van der Waals surface area contributed by atoms with Crippen LogP contribution in [0.2, 0.25) is 5.02 Å². The molecule has 0 fully saturated rings. The number of hydrogen-bond acceptors (Lipinski definition) is 4. The largest absolute Gasteiger partial charge is 0.382 e. The average Bonchev–Trinajstić information content (AvgIpc) is 2.39. The van der Waals surface area contributed by atoms with E-state index in [4.69, 9.17) is 17.3 Å². The molecule has 18 heavy (non-hydrogen) atoms. The average molecular weight is 263 g/mol. The lowest BCUT2D eigenvalue weighted by atomic mass is 10.1. The van der Waals surface area contributed by atoms with E-state index < -0.39 is 0 Å². The van der Waals surface area contributed by atoms with Crippen LogP contribution in [-0.4, -0.2) is 17.0 Å².